The second kappa shape index (κ2) is 7.10. The fraction of sp³-hybridized carbons (Fsp3) is 0.167. The predicted octanol–water partition coefficient (Wildman–Crippen LogP) is 3.68. The number of carbonyl (C=O) groups is 1. The maximum atomic E-state index is 12.9. The fourth-order valence-corrected chi connectivity index (χ4v) is 2.37. The zero-order valence-corrected chi connectivity index (χ0v) is 14.0. The Balaban J connectivity index is 2.14. The monoisotopic (exact) mass is 378 g/mol. The lowest BCUT2D eigenvalue weighted by molar-refractivity contribution is -0.137. The SMILES string of the molecule is CCOC(=O)c1c(Oc2cccc(C(F)(F)F)c2)nc2ccccn2c1=O. The van der Waals surface area contributed by atoms with E-state index in [2.05, 4.69) is 4.98 Å². The molecule has 0 N–H and O–H groups in total. The number of carbonyl (C=O) groups excluding carboxylic acids is 1. The van der Waals surface area contributed by atoms with Crippen molar-refractivity contribution in [1.29, 1.82) is 0 Å². The number of pyridine rings is 1. The molecule has 0 fully saturated rings. The lowest BCUT2D eigenvalue weighted by Gasteiger charge is -2.12. The van der Waals surface area contributed by atoms with Crippen LogP contribution < -0.4 is 10.3 Å². The molecule has 3 rings (SSSR count). The van der Waals surface area contributed by atoms with Crippen LogP contribution in [-0.4, -0.2) is 22.0 Å². The van der Waals surface area contributed by atoms with Crippen LogP contribution in [0.15, 0.2) is 53.5 Å². The van der Waals surface area contributed by atoms with E-state index >= 15 is 0 Å². The van der Waals surface area contributed by atoms with Gasteiger partial charge in [-0.1, -0.05) is 12.1 Å². The average molecular weight is 378 g/mol. The van der Waals surface area contributed by atoms with Crippen LogP contribution in [0.4, 0.5) is 13.2 Å². The van der Waals surface area contributed by atoms with E-state index in [0.717, 1.165) is 22.6 Å². The van der Waals surface area contributed by atoms with Crippen LogP contribution in [0.3, 0.4) is 0 Å². The molecule has 0 aliphatic carbocycles. The first kappa shape index (κ1) is 18.4. The Morgan fingerprint density at radius 2 is 1.96 bits per heavy atom. The summed E-state index contributed by atoms with van der Waals surface area (Å²) < 4.78 is 50.0. The maximum absolute atomic E-state index is 12.9. The maximum Gasteiger partial charge on any atom is 0.416 e. The summed E-state index contributed by atoms with van der Waals surface area (Å²) in [5, 5.41) is 0. The van der Waals surface area contributed by atoms with Gasteiger partial charge in [-0.05, 0) is 37.3 Å². The first-order valence-corrected chi connectivity index (χ1v) is 7.85. The summed E-state index contributed by atoms with van der Waals surface area (Å²) in [7, 11) is 0. The van der Waals surface area contributed by atoms with Crippen molar-refractivity contribution in [1.82, 2.24) is 9.38 Å². The summed E-state index contributed by atoms with van der Waals surface area (Å²) in [6, 6.07) is 8.72. The van der Waals surface area contributed by atoms with Crippen LogP contribution >= 0.6 is 0 Å². The smallest absolute Gasteiger partial charge is 0.416 e. The quantitative estimate of drug-likeness (QED) is 0.648. The van der Waals surface area contributed by atoms with E-state index in [1.165, 1.54) is 18.3 Å². The van der Waals surface area contributed by atoms with Gasteiger partial charge >= 0.3 is 12.1 Å². The molecular weight excluding hydrogens is 365 g/mol. The summed E-state index contributed by atoms with van der Waals surface area (Å²) in [6.07, 6.45) is -3.17. The lowest BCUT2D eigenvalue weighted by Crippen LogP contribution is -2.25. The predicted molar refractivity (Wildman–Crippen MR) is 88.9 cm³/mol. The number of alkyl halides is 3. The number of ether oxygens (including phenoxy) is 2. The molecule has 1 aromatic carbocycles. The normalized spacial score (nSPS) is 11.4. The minimum absolute atomic E-state index is 0.00122. The summed E-state index contributed by atoms with van der Waals surface area (Å²) >= 11 is 0. The largest absolute Gasteiger partial charge is 0.462 e. The van der Waals surface area contributed by atoms with Crippen LogP contribution in [0.2, 0.25) is 0 Å². The number of benzene rings is 1. The number of esters is 1. The van der Waals surface area contributed by atoms with Crippen molar-refractivity contribution < 1.29 is 27.4 Å². The molecule has 9 heteroatoms. The number of fused-ring (bicyclic) bond motifs is 1. The van der Waals surface area contributed by atoms with Crippen LogP contribution in [0.25, 0.3) is 5.65 Å². The van der Waals surface area contributed by atoms with E-state index in [9.17, 15) is 22.8 Å². The van der Waals surface area contributed by atoms with Gasteiger partial charge in [-0.15, -0.1) is 0 Å². The van der Waals surface area contributed by atoms with Gasteiger partial charge in [0.15, 0.2) is 5.56 Å². The molecule has 0 spiro atoms. The molecule has 2 aromatic heterocycles. The van der Waals surface area contributed by atoms with Gasteiger partial charge in [-0.3, -0.25) is 9.20 Å². The number of nitrogens with zero attached hydrogens (tertiary/aromatic N) is 2. The Hall–Kier alpha value is -3.36. The standard InChI is InChI=1S/C18H13F3N2O4/c1-2-26-17(25)14-15(22-13-8-3-4-9-23(13)16(14)24)27-12-7-5-6-11(10-12)18(19,20)21/h3-10H,2H2,1H3. The van der Waals surface area contributed by atoms with E-state index < -0.39 is 34.7 Å². The number of hydrogen-bond acceptors (Lipinski definition) is 5. The van der Waals surface area contributed by atoms with E-state index in [1.807, 2.05) is 0 Å². The van der Waals surface area contributed by atoms with E-state index in [-0.39, 0.29) is 18.0 Å². The molecule has 27 heavy (non-hydrogen) atoms. The summed E-state index contributed by atoms with van der Waals surface area (Å²) in [6.45, 7) is 1.55. The second-order valence-electron chi connectivity index (χ2n) is 5.37. The molecule has 0 radical (unpaired) electrons. The highest BCUT2D eigenvalue weighted by molar-refractivity contribution is 5.91. The third-order valence-electron chi connectivity index (χ3n) is 3.56. The topological polar surface area (TPSA) is 69.9 Å². The highest BCUT2D eigenvalue weighted by atomic mass is 19.4. The third-order valence-corrected chi connectivity index (χ3v) is 3.56. The number of hydrogen-bond donors (Lipinski definition) is 0. The minimum atomic E-state index is -4.57. The molecule has 0 aliphatic heterocycles. The third kappa shape index (κ3) is 3.76. The molecule has 2 heterocycles. The van der Waals surface area contributed by atoms with Crippen LogP contribution in [0.1, 0.15) is 22.8 Å². The second-order valence-corrected chi connectivity index (χ2v) is 5.37. The van der Waals surface area contributed by atoms with Gasteiger partial charge in [0.2, 0.25) is 5.88 Å². The Morgan fingerprint density at radius 1 is 1.19 bits per heavy atom. The highest BCUT2D eigenvalue weighted by Gasteiger charge is 2.31. The molecule has 140 valence electrons. The van der Waals surface area contributed by atoms with Gasteiger partial charge in [0.1, 0.15) is 11.4 Å². The molecule has 0 saturated carbocycles. The van der Waals surface area contributed by atoms with Crippen molar-refractivity contribution in [3.8, 4) is 11.6 Å². The highest BCUT2D eigenvalue weighted by Crippen LogP contribution is 2.32. The molecule has 0 bridgehead atoms. The molecule has 0 atom stereocenters. The van der Waals surface area contributed by atoms with Gasteiger partial charge in [0.25, 0.3) is 5.56 Å². The molecule has 0 aliphatic rings. The van der Waals surface area contributed by atoms with Crippen LogP contribution in [-0.2, 0) is 10.9 Å². The zero-order valence-electron chi connectivity index (χ0n) is 14.0. The number of aromatic nitrogens is 2. The van der Waals surface area contributed by atoms with Gasteiger partial charge in [0.05, 0.1) is 12.2 Å². The Bertz CT molecular complexity index is 1060. The molecule has 0 unspecified atom stereocenters. The van der Waals surface area contributed by atoms with Crippen LogP contribution in [0.5, 0.6) is 11.6 Å². The Morgan fingerprint density at radius 3 is 2.67 bits per heavy atom. The van der Waals surface area contributed by atoms with Gasteiger partial charge in [-0.25, -0.2) is 4.79 Å². The fourth-order valence-electron chi connectivity index (χ4n) is 2.37. The lowest BCUT2D eigenvalue weighted by atomic mass is 10.2. The molecule has 0 saturated heterocycles. The summed E-state index contributed by atoms with van der Waals surface area (Å²) in [4.78, 5) is 28.9. The minimum Gasteiger partial charge on any atom is -0.462 e. The van der Waals surface area contributed by atoms with E-state index in [0.29, 0.717) is 0 Å². The average Bonchev–Trinajstić information content (AvgIpc) is 2.61. The zero-order chi connectivity index (χ0) is 19.6. The van der Waals surface area contributed by atoms with Gasteiger partial charge in [-0.2, -0.15) is 18.2 Å². The first-order valence-electron chi connectivity index (χ1n) is 7.85. The molecule has 6 nitrogen and oxygen atoms in total. The first-order chi connectivity index (χ1) is 12.8. The molecule has 3 aromatic rings. The molecular formula is C18H13F3N2O4. The van der Waals surface area contributed by atoms with Crippen LogP contribution in [0, 0.1) is 0 Å². The number of halogens is 3. The van der Waals surface area contributed by atoms with Crippen molar-refractivity contribution in [3.63, 3.8) is 0 Å². The van der Waals surface area contributed by atoms with Gasteiger partial charge in [0, 0.05) is 6.20 Å². The van der Waals surface area contributed by atoms with Crippen molar-refractivity contribution >= 4 is 11.6 Å². The van der Waals surface area contributed by atoms with E-state index in [1.54, 1.807) is 19.1 Å². The van der Waals surface area contributed by atoms with Crippen molar-refractivity contribution in [2.75, 3.05) is 6.61 Å². The summed E-state index contributed by atoms with van der Waals surface area (Å²) in [5.74, 6) is -1.62. The van der Waals surface area contributed by atoms with E-state index in [4.69, 9.17) is 9.47 Å². The van der Waals surface area contributed by atoms with Crippen molar-refractivity contribution in [3.05, 3.63) is 70.1 Å². The summed E-state index contributed by atoms with van der Waals surface area (Å²) in [5.41, 5.74) is -2.02. The van der Waals surface area contributed by atoms with Crippen molar-refractivity contribution in [2.24, 2.45) is 0 Å². The number of rotatable bonds is 4. The Kier molecular flexibility index (Phi) is 4.85. The van der Waals surface area contributed by atoms with Gasteiger partial charge < -0.3 is 9.47 Å². The molecule has 0 amide bonds. The van der Waals surface area contributed by atoms with Crippen molar-refractivity contribution in [2.45, 2.75) is 13.1 Å². The Labute approximate surface area is 150 Å².